The van der Waals surface area contributed by atoms with E-state index in [1.54, 1.807) is 18.2 Å². The molecule has 7 heteroatoms. The smallest absolute Gasteiger partial charge is 0.229 e. The number of nitrogens with zero attached hydrogens (tertiary/aromatic N) is 2. The molecule has 22 heavy (non-hydrogen) atoms. The third-order valence-electron chi connectivity index (χ3n) is 3.69. The van der Waals surface area contributed by atoms with Gasteiger partial charge in [0.25, 0.3) is 0 Å². The van der Waals surface area contributed by atoms with Gasteiger partial charge in [0.2, 0.25) is 11.8 Å². The molecule has 0 aliphatic carbocycles. The highest BCUT2D eigenvalue weighted by molar-refractivity contribution is 6.05. The molecule has 114 valence electrons. The van der Waals surface area contributed by atoms with E-state index < -0.39 is 11.7 Å². The van der Waals surface area contributed by atoms with Crippen LogP contribution in [0.15, 0.2) is 30.9 Å². The number of hydrogen-bond donors (Lipinski definition) is 2. The van der Waals surface area contributed by atoms with E-state index in [1.807, 2.05) is 0 Å². The first kappa shape index (κ1) is 14.2. The summed E-state index contributed by atoms with van der Waals surface area (Å²) in [5, 5.41) is 9.68. The van der Waals surface area contributed by atoms with Crippen LogP contribution in [0, 0.1) is 11.7 Å². The Balaban J connectivity index is 1.87. The highest BCUT2D eigenvalue weighted by Gasteiger charge is 2.37. The van der Waals surface area contributed by atoms with Gasteiger partial charge in [0.05, 0.1) is 16.8 Å². The van der Waals surface area contributed by atoms with E-state index in [4.69, 9.17) is 0 Å². The second kappa shape index (κ2) is 5.59. The number of carbonyl (C=O) groups is 2. The average molecular weight is 302 g/mol. The van der Waals surface area contributed by atoms with Crippen LogP contribution in [0.4, 0.5) is 10.2 Å². The van der Waals surface area contributed by atoms with Gasteiger partial charge < -0.3 is 5.32 Å². The number of nitrogens with one attached hydrogen (secondary N) is 2. The zero-order chi connectivity index (χ0) is 15.7. The maximum atomic E-state index is 14.0. The number of benzene rings is 1. The Labute approximate surface area is 126 Å². The second-order valence-electron chi connectivity index (χ2n) is 5.15. The van der Waals surface area contributed by atoms with Crippen molar-refractivity contribution in [1.82, 2.24) is 15.5 Å². The minimum Gasteiger partial charge on any atom is -0.352 e. The lowest BCUT2D eigenvalue weighted by molar-refractivity contribution is -0.126. The van der Waals surface area contributed by atoms with Crippen LogP contribution in [0.3, 0.4) is 0 Å². The quantitative estimate of drug-likeness (QED) is 0.837. The third-order valence-corrected chi connectivity index (χ3v) is 3.69. The number of aromatic nitrogens is 2. The highest BCUT2D eigenvalue weighted by atomic mass is 19.1. The molecule has 0 unspecified atom stereocenters. The largest absolute Gasteiger partial charge is 0.352 e. The van der Waals surface area contributed by atoms with Gasteiger partial charge in [-0.05, 0) is 12.1 Å². The molecule has 1 aromatic carbocycles. The number of aromatic amines is 1. The summed E-state index contributed by atoms with van der Waals surface area (Å²) in [7, 11) is 0. The van der Waals surface area contributed by atoms with Gasteiger partial charge >= 0.3 is 0 Å². The summed E-state index contributed by atoms with van der Waals surface area (Å²) in [6.45, 7) is 4.07. The molecule has 1 aromatic heterocycles. The number of anilines is 1. The molecule has 1 aliphatic heterocycles. The lowest BCUT2D eigenvalue weighted by atomic mass is 10.1. The molecular formula is C15H15FN4O2. The van der Waals surface area contributed by atoms with Crippen LogP contribution in [0.5, 0.6) is 0 Å². The summed E-state index contributed by atoms with van der Waals surface area (Å²) in [5.74, 6) is -1.14. The summed E-state index contributed by atoms with van der Waals surface area (Å²) in [5.41, 5.74) is 0.516. The Morgan fingerprint density at radius 2 is 2.41 bits per heavy atom. The number of hydrogen-bond acceptors (Lipinski definition) is 3. The molecule has 2 aromatic rings. The molecule has 2 amide bonds. The Kier molecular flexibility index (Phi) is 3.62. The number of rotatable bonds is 4. The van der Waals surface area contributed by atoms with Crippen molar-refractivity contribution in [1.29, 1.82) is 0 Å². The van der Waals surface area contributed by atoms with Crippen molar-refractivity contribution >= 4 is 28.5 Å². The van der Waals surface area contributed by atoms with Crippen molar-refractivity contribution < 1.29 is 14.0 Å². The molecule has 2 N–H and O–H groups in total. The molecular weight excluding hydrogens is 287 g/mol. The van der Waals surface area contributed by atoms with Crippen LogP contribution in [-0.2, 0) is 9.59 Å². The monoisotopic (exact) mass is 302 g/mol. The topological polar surface area (TPSA) is 78.1 Å². The van der Waals surface area contributed by atoms with Crippen LogP contribution < -0.4 is 10.2 Å². The summed E-state index contributed by atoms with van der Waals surface area (Å²) in [6.07, 6.45) is 1.66. The van der Waals surface area contributed by atoms with Gasteiger partial charge in [0, 0.05) is 19.5 Å². The van der Waals surface area contributed by atoms with Gasteiger partial charge in [0.1, 0.15) is 5.82 Å². The van der Waals surface area contributed by atoms with Gasteiger partial charge in [-0.15, -0.1) is 6.58 Å². The molecule has 0 bridgehead atoms. The standard InChI is InChI=1S/C15H15FN4O2/c1-2-6-17-15(22)9-7-12(21)20(8-9)14-13-10(16)4-3-5-11(13)18-19-14/h2-5,9H,1,6-8H2,(H,17,22)(H,18,19)/t9-/m0/s1. The van der Waals surface area contributed by atoms with Gasteiger partial charge in [-0.1, -0.05) is 12.1 Å². The molecule has 1 fully saturated rings. The zero-order valence-electron chi connectivity index (χ0n) is 11.8. The molecule has 1 atom stereocenters. The molecule has 0 saturated carbocycles. The average Bonchev–Trinajstić information content (AvgIpc) is 3.09. The minimum absolute atomic E-state index is 0.0891. The molecule has 2 heterocycles. The normalized spacial score (nSPS) is 18.0. The lowest BCUT2D eigenvalue weighted by Crippen LogP contribution is -2.33. The van der Waals surface area contributed by atoms with Crippen LogP contribution >= 0.6 is 0 Å². The Hall–Kier alpha value is -2.70. The highest BCUT2D eigenvalue weighted by Crippen LogP contribution is 2.31. The minimum atomic E-state index is -0.467. The maximum Gasteiger partial charge on any atom is 0.229 e. The fraction of sp³-hybridized carbons (Fsp3) is 0.267. The molecule has 3 rings (SSSR count). The first-order chi connectivity index (χ1) is 10.6. The van der Waals surface area contributed by atoms with Gasteiger partial charge in [0.15, 0.2) is 5.82 Å². The van der Waals surface area contributed by atoms with E-state index in [0.717, 1.165) is 0 Å². The second-order valence-corrected chi connectivity index (χ2v) is 5.15. The summed E-state index contributed by atoms with van der Waals surface area (Å²) >= 11 is 0. The summed E-state index contributed by atoms with van der Waals surface area (Å²) < 4.78 is 14.0. The van der Waals surface area contributed by atoms with Crippen molar-refractivity contribution in [2.45, 2.75) is 6.42 Å². The molecule has 1 aliphatic rings. The molecule has 1 saturated heterocycles. The van der Waals surface area contributed by atoms with Crippen molar-refractivity contribution in [3.05, 3.63) is 36.7 Å². The van der Waals surface area contributed by atoms with Gasteiger partial charge in [-0.2, -0.15) is 5.10 Å². The van der Waals surface area contributed by atoms with E-state index in [0.29, 0.717) is 12.1 Å². The third kappa shape index (κ3) is 2.34. The SMILES string of the molecule is C=CCNC(=O)[C@H]1CC(=O)N(c2n[nH]c3cccc(F)c23)C1. The van der Waals surface area contributed by atoms with Gasteiger partial charge in [-0.25, -0.2) is 4.39 Å². The van der Waals surface area contributed by atoms with Crippen LogP contribution in [-0.4, -0.2) is 35.1 Å². The van der Waals surface area contributed by atoms with E-state index in [1.165, 1.54) is 11.0 Å². The molecule has 0 radical (unpaired) electrons. The predicted molar refractivity (Wildman–Crippen MR) is 79.7 cm³/mol. The first-order valence-electron chi connectivity index (χ1n) is 6.93. The summed E-state index contributed by atoms with van der Waals surface area (Å²) in [4.78, 5) is 25.5. The van der Waals surface area contributed by atoms with E-state index in [-0.39, 0.29) is 36.0 Å². The van der Waals surface area contributed by atoms with Crippen molar-refractivity contribution in [3.63, 3.8) is 0 Å². The predicted octanol–water partition coefficient (Wildman–Crippen LogP) is 1.36. The van der Waals surface area contributed by atoms with Crippen molar-refractivity contribution in [2.75, 3.05) is 18.0 Å². The van der Waals surface area contributed by atoms with E-state index in [9.17, 15) is 14.0 Å². The number of amides is 2. The lowest BCUT2D eigenvalue weighted by Gasteiger charge is -2.14. The van der Waals surface area contributed by atoms with Crippen LogP contribution in [0.25, 0.3) is 10.9 Å². The van der Waals surface area contributed by atoms with Crippen molar-refractivity contribution in [2.24, 2.45) is 5.92 Å². The van der Waals surface area contributed by atoms with E-state index in [2.05, 4.69) is 22.1 Å². The number of fused-ring (bicyclic) bond motifs is 1. The first-order valence-corrected chi connectivity index (χ1v) is 6.93. The summed E-state index contributed by atoms with van der Waals surface area (Å²) in [6, 6.07) is 4.57. The number of halogens is 1. The van der Waals surface area contributed by atoms with Crippen LogP contribution in [0.2, 0.25) is 0 Å². The number of carbonyl (C=O) groups excluding carboxylic acids is 2. The Bertz CT molecular complexity index is 755. The van der Waals surface area contributed by atoms with Crippen LogP contribution in [0.1, 0.15) is 6.42 Å². The zero-order valence-corrected chi connectivity index (χ0v) is 11.8. The number of H-pyrrole nitrogens is 1. The fourth-order valence-electron chi connectivity index (χ4n) is 2.61. The van der Waals surface area contributed by atoms with Gasteiger partial charge in [-0.3, -0.25) is 19.6 Å². The van der Waals surface area contributed by atoms with Crippen molar-refractivity contribution in [3.8, 4) is 0 Å². The molecule has 0 spiro atoms. The maximum absolute atomic E-state index is 14.0. The fourth-order valence-corrected chi connectivity index (χ4v) is 2.61. The Morgan fingerprint density at radius 1 is 1.59 bits per heavy atom. The Morgan fingerprint density at radius 3 is 3.18 bits per heavy atom. The van der Waals surface area contributed by atoms with E-state index >= 15 is 0 Å². The molecule has 6 nitrogen and oxygen atoms in total.